The predicted octanol–water partition coefficient (Wildman–Crippen LogP) is 1.58. The fraction of sp³-hybridized carbons (Fsp3) is 0.583. The van der Waals surface area contributed by atoms with E-state index < -0.39 is 0 Å². The first-order chi connectivity index (χ1) is 8.11. The Kier molecular flexibility index (Phi) is 3.69. The van der Waals surface area contributed by atoms with Crippen molar-refractivity contribution in [1.29, 1.82) is 0 Å². The summed E-state index contributed by atoms with van der Waals surface area (Å²) in [7, 11) is 1.62. The Labute approximate surface area is 106 Å². The molecule has 17 heavy (non-hydrogen) atoms. The van der Waals surface area contributed by atoms with Gasteiger partial charge in [0.2, 0.25) is 0 Å². The van der Waals surface area contributed by atoms with Crippen LogP contribution in [0.4, 0.5) is 0 Å². The Bertz CT molecular complexity index is 405. The number of carbonyl (C=O) groups is 1. The number of rotatable bonds is 2. The normalized spacial score (nSPS) is 24.8. The lowest BCUT2D eigenvalue weighted by molar-refractivity contribution is 0.0621. The molecule has 0 bridgehead atoms. The van der Waals surface area contributed by atoms with E-state index in [2.05, 4.69) is 19.2 Å². The van der Waals surface area contributed by atoms with Gasteiger partial charge in [0.15, 0.2) is 0 Å². The van der Waals surface area contributed by atoms with Gasteiger partial charge in [0.05, 0.1) is 12.0 Å². The van der Waals surface area contributed by atoms with Crippen molar-refractivity contribution in [2.24, 2.45) is 0 Å². The molecule has 1 aromatic rings. The van der Waals surface area contributed by atoms with Crippen LogP contribution in [0.3, 0.4) is 0 Å². The van der Waals surface area contributed by atoms with Crippen molar-refractivity contribution in [3.8, 4) is 5.75 Å². The van der Waals surface area contributed by atoms with Gasteiger partial charge >= 0.3 is 0 Å². The monoisotopic (exact) mass is 254 g/mol. The predicted molar refractivity (Wildman–Crippen MR) is 68.8 cm³/mol. The molecule has 1 saturated heterocycles. The second-order valence-electron chi connectivity index (χ2n) is 4.47. The van der Waals surface area contributed by atoms with Gasteiger partial charge in [-0.2, -0.15) is 0 Å². The number of thiophene rings is 1. The minimum Gasteiger partial charge on any atom is -0.496 e. The molecule has 0 aliphatic carbocycles. The maximum atomic E-state index is 12.3. The third-order valence-electron chi connectivity index (χ3n) is 3.05. The molecule has 1 N–H and O–H groups in total. The lowest BCUT2D eigenvalue weighted by Gasteiger charge is -2.37. The van der Waals surface area contributed by atoms with E-state index in [0.29, 0.717) is 6.04 Å². The Morgan fingerprint density at radius 3 is 3.00 bits per heavy atom. The molecule has 5 heteroatoms. The van der Waals surface area contributed by atoms with Gasteiger partial charge < -0.3 is 15.0 Å². The Balaban J connectivity index is 2.12. The van der Waals surface area contributed by atoms with Crippen LogP contribution in [0.15, 0.2) is 11.4 Å². The van der Waals surface area contributed by atoms with Crippen molar-refractivity contribution >= 4 is 17.2 Å². The van der Waals surface area contributed by atoms with Gasteiger partial charge in [0.1, 0.15) is 5.75 Å². The summed E-state index contributed by atoms with van der Waals surface area (Å²) < 4.78 is 5.11. The largest absolute Gasteiger partial charge is 0.496 e. The van der Waals surface area contributed by atoms with E-state index in [4.69, 9.17) is 4.74 Å². The van der Waals surface area contributed by atoms with Crippen LogP contribution in [0.5, 0.6) is 5.75 Å². The van der Waals surface area contributed by atoms with E-state index in [9.17, 15) is 4.79 Å². The number of amides is 1. The van der Waals surface area contributed by atoms with Crippen molar-refractivity contribution in [2.45, 2.75) is 25.9 Å². The molecule has 0 spiro atoms. The van der Waals surface area contributed by atoms with E-state index >= 15 is 0 Å². The van der Waals surface area contributed by atoms with Crippen LogP contribution >= 0.6 is 11.3 Å². The minimum atomic E-state index is 0.110. The van der Waals surface area contributed by atoms with Gasteiger partial charge in [0, 0.05) is 36.6 Å². The zero-order chi connectivity index (χ0) is 12.4. The van der Waals surface area contributed by atoms with Crippen LogP contribution in [0.2, 0.25) is 0 Å². The number of methoxy groups -OCH3 is 1. The van der Waals surface area contributed by atoms with Crippen molar-refractivity contribution < 1.29 is 9.53 Å². The van der Waals surface area contributed by atoms with Crippen LogP contribution < -0.4 is 10.1 Å². The molecule has 0 saturated carbocycles. The van der Waals surface area contributed by atoms with Gasteiger partial charge in [-0.25, -0.2) is 0 Å². The van der Waals surface area contributed by atoms with E-state index in [1.54, 1.807) is 7.11 Å². The summed E-state index contributed by atoms with van der Waals surface area (Å²) in [6, 6.07) is 2.41. The van der Waals surface area contributed by atoms with Crippen LogP contribution in [0.1, 0.15) is 23.5 Å². The third-order valence-corrected chi connectivity index (χ3v) is 3.94. The maximum Gasteiger partial charge on any atom is 0.264 e. The minimum absolute atomic E-state index is 0.110. The molecular weight excluding hydrogens is 236 g/mol. The highest BCUT2D eigenvalue weighted by Crippen LogP contribution is 2.23. The molecule has 1 aromatic heterocycles. The molecule has 1 amide bonds. The fourth-order valence-electron chi connectivity index (χ4n) is 1.98. The number of carbonyl (C=O) groups excluding carboxylic acids is 1. The number of piperazine rings is 1. The topological polar surface area (TPSA) is 41.6 Å². The van der Waals surface area contributed by atoms with Gasteiger partial charge in [0.25, 0.3) is 5.91 Å². The molecule has 2 unspecified atom stereocenters. The molecule has 94 valence electrons. The molecule has 4 nitrogen and oxygen atoms in total. The van der Waals surface area contributed by atoms with Crippen molar-refractivity contribution in [3.63, 3.8) is 0 Å². The summed E-state index contributed by atoms with van der Waals surface area (Å²) in [5, 5.41) is 5.23. The zero-order valence-corrected chi connectivity index (χ0v) is 11.2. The quantitative estimate of drug-likeness (QED) is 0.871. The lowest BCUT2D eigenvalue weighted by atomic mass is 10.1. The Hall–Kier alpha value is -1.07. The van der Waals surface area contributed by atoms with Crippen molar-refractivity contribution in [2.75, 3.05) is 20.2 Å². The van der Waals surface area contributed by atoms with E-state index in [0.717, 1.165) is 23.7 Å². The first-order valence-corrected chi connectivity index (χ1v) is 6.66. The van der Waals surface area contributed by atoms with E-state index in [1.165, 1.54) is 11.3 Å². The number of hydrogen-bond acceptors (Lipinski definition) is 4. The van der Waals surface area contributed by atoms with Crippen LogP contribution in [-0.4, -0.2) is 43.1 Å². The molecule has 1 aliphatic heterocycles. The third kappa shape index (κ3) is 2.61. The van der Waals surface area contributed by atoms with Crippen LogP contribution in [0.25, 0.3) is 0 Å². The molecule has 0 radical (unpaired) electrons. The lowest BCUT2D eigenvalue weighted by Crippen LogP contribution is -2.56. The summed E-state index contributed by atoms with van der Waals surface area (Å²) in [5.74, 6) is 0.869. The standard InChI is InChI=1S/C12H18N2O2S/c1-8-6-14(9(2)5-13-8)12(15)11-4-10(16-3)7-17-11/h4,7-9,13H,5-6H2,1-3H3. The SMILES string of the molecule is COc1csc(C(=O)N2CC(C)NCC2C)c1. The maximum absolute atomic E-state index is 12.3. The summed E-state index contributed by atoms with van der Waals surface area (Å²) in [4.78, 5) is 15.0. The summed E-state index contributed by atoms with van der Waals surface area (Å²) >= 11 is 1.44. The summed E-state index contributed by atoms with van der Waals surface area (Å²) in [6.45, 7) is 5.79. The highest BCUT2D eigenvalue weighted by molar-refractivity contribution is 7.12. The first-order valence-electron chi connectivity index (χ1n) is 5.78. The van der Waals surface area contributed by atoms with Crippen LogP contribution in [-0.2, 0) is 0 Å². The molecule has 0 aromatic carbocycles. The highest BCUT2D eigenvalue weighted by Gasteiger charge is 2.28. The van der Waals surface area contributed by atoms with Crippen LogP contribution in [0, 0.1) is 0 Å². The molecule has 1 fully saturated rings. The second-order valence-corrected chi connectivity index (χ2v) is 5.38. The molecule has 2 rings (SSSR count). The highest BCUT2D eigenvalue weighted by atomic mass is 32.1. The van der Waals surface area contributed by atoms with Gasteiger partial charge in [-0.15, -0.1) is 11.3 Å². The number of ether oxygens (including phenoxy) is 1. The van der Waals surface area contributed by atoms with Gasteiger partial charge in [-0.3, -0.25) is 4.79 Å². The Morgan fingerprint density at radius 2 is 2.35 bits per heavy atom. The van der Waals surface area contributed by atoms with E-state index in [-0.39, 0.29) is 11.9 Å². The molecule has 1 aliphatic rings. The van der Waals surface area contributed by atoms with E-state index in [1.807, 2.05) is 16.3 Å². The Morgan fingerprint density at radius 1 is 1.59 bits per heavy atom. The average Bonchev–Trinajstić information content (AvgIpc) is 2.80. The second kappa shape index (κ2) is 5.06. The molecule has 2 atom stereocenters. The van der Waals surface area contributed by atoms with Crippen molar-refractivity contribution in [1.82, 2.24) is 10.2 Å². The fourth-order valence-corrected chi connectivity index (χ4v) is 2.79. The zero-order valence-electron chi connectivity index (χ0n) is 10.4. The smallest absolute Gasteiger partial charge is 0.264 e. The molecule has 2 heterocycles. The summed E-state index contributed by atoms with van der Waals surface area (Å²) in [5.41, 5.74) is 0. The van der Waals surface area contributed by atoms with Gasteiger partial charge in [-0.1, -0.05) is 0 Å². The molecular formula is C12H18N2O2S. The first kappa shape index (κ1) is 12.4. The number of hydrogen-bond donors (Lipinski definition) is 1. The summed E-state index contributed by atoms with van der Waals surface area (Å²) in [6.07, 6.45) is 0. The average molecular weight is 254 g/mol. The number of nitrogens with one attached hydrogen (secondary N) is 1. The van der Waals surface area contributed by atoms with Gasteiger partial charge in [-0.05, 0) is 13.8 Å². The number of nitrogens with zero attached hydrogens (tertiary/aromatic N) is 1. The van der Waals surface area contributed by atoms with Crippen molar-refractivity contribution in [3.05, 3.63) is 16.3 Å².